The quantitative estimate of drug-likeness (QED) is 0.337. The van der Waals surface area contributed by atoms with Gasteiger partial charge >= 0.3 is 194 Å². The van der Waals surface area contributed by atoms with E-state index < -0.39 is 15.8 Å². The van der Waals surface area contributed by atoms with Crippen molar-refractivity contribution in [2.24, 2.45) is 0 Å². The molecule has 1 N–H and O–H groups in total. The average molecular weight is 556 g/mol. The summed E-state index contributed by atoms with van der Waals surface area (Å²) in [6.07, 6.45) is 2.13. The predicted octanol–water partition coefficient (Wildman–Crippen LogP) is 2.56. The minimum atomic E-state index is -0.646. The molecule has 1 unspecified atom stereocenters. The van der Waals surface area contributed by atoms with Crippen molar-refractivity contribution in [2.75, 3.05) is 43.6 Å². The Balaban J connectivity index is 1.19. The van der Waals surface area contributed by atoms with Gasteiger partial charge in [-0.2, -0.15) is 0 Å². The van der Waals surface area contributed by atoms with Gasteiger partial charge in [0.15, 0.2) is 0 Å². The number of carbonyl (C=O) groups excluding carboxylic acids is 1. The van der Waals surface area contributed by atoms with E-state index in [1.54, 1.807) is 7.11 Å². The van der Waals surface area contributed by atoms with E-state index in [-0.39, 0.29) is 5.91 Å². The summed E-state index contributed by atoms with van der Waals surface area (Å²) >= 11 is -0.646. The van der Waals surface area contributed by atoms with E-state index in [0.717, 1.165) is 59.2 Å². The summed E-state index contributed by atoms with van der Waals surface area (Å²) in [7, 11) is 1.63. The van der Waals surface area contributed by atoms with Gasteiger partial charge in [-0.05, 0) is 12.1 Å². The molecule has 1 amide bonds. The van der Waals surface area contributed by atoms with Crippen LogP contribution in [0.15, 0.2) is 85.1 Å². The van der Waals surface area contributed by atoms with Crippen molar-refractivity contribution in [1.29, 1.82) is 0 Å². The third kappa shape index (κ3) is 6.76. The normalized spacial score (nSPS) is 13.6. The van der Waals surface area contributed by atoms with Crippen molar-refractivity contribution in [3.63, 3.8) is 0 Å². The number of amides is 1. The number of rotatable bonds is 8. The molecule has 7 nitrogen and oxygen atoms in total. The third-order valence-electron chi connectivity index (χ3n) is 6.14. The molecule has 0 radical (unpaired) electrons. The Morgan fingerprint density at radius 2 is 1.70 bits per heavy atom. The fourth-order valence-corrected chi connectivity index (χ4v) is 6.05. The van der Waals surface area contributed by atoms with Crippen molar-refractivity contribution in [3.05, 3.63) is 90.6 Å². The Kier molecular flexibility index (Phi) is 8.14. The SMILES string of the molecule is COc1ccc(CC(=O)Nc2ccc(-c3ccnc([AsH]c4ccc(N5CCOCC5)cc4)n3)cc2)cc1. The van der Waals surface area contributed by atoms with Crippen LogP contribution >= 0.6 is 0 Å². The average Bonchev–Trinajstić information content (AvgIpc) is 2.95. The van der Waals surface area contributed by atoms with Gasteiger partial charge in [-0.3, -0.25) is 0 Å². The van der Waals surface area contributed by atoms with Gasteiger partial charge in [0.25, 0.3) is 0 Å². The molecule has 37 heavy (non-hydrogen) atoms. The molecule has 0 aliphatic carbocycles. The van der Waals surface area contributed by atoms with E-state index >= 15 is 0 Å². The molecule has 188 valence electrons. The molecule has 1 aliphatic heterocycles. The van der Waals surface area contributed by atoms with Crippen LogP contribution in [0.1, 0.15) is 5.56 Å². The molecule has 0 saturated carbocycles. The van der Waals surface area contributed by atoms with Gasteiger partial charge in [0.1, 0.15) is 5.75 Å². The fraction of sp³-hybridized carbons (Fsp3) is 0.207. The minimum Gasteiger partial charge on any atom is -0.0197 e. The van der Waals surface area contributed by atoms with Gasteiger partial charge < -0.3 is 4.74 Å². The number of hydrogen-bond acceptors (Lipinski definition) is 6. The third-order valence-corrected chi connectivity index (χ3v) is 8.42. The zero-order valence-corrected chi connectivity index (χ0v) is 22.8. The van der Waals surface area contributed by atoms with Crippen LogP contribution in [-0.2, 0) is 16.0 Å². The number of nitrogens with one attached hydrogen (secondary N) is 1. The van der Waals surface area contributed by atoms with Crippen LogP contribution in [0.4, 0.5) is 11.4 Å². The fourth-order valence-electron chi connectivity index (χ4n) is 4.14. The summed E-state index contributed by atoms with van der Waals surface area (Å²) in [4.78, 5) is 24.2. The molecular formula is C29H29AsN4O3. The number of methoxy groups -OCH3 is 1. The van der Waals surface area contributed by atoms with Gasteiger partial charge in [0.2, 0.25) is 0 Å². The second kappa shape index (κ2) is 12.0. The molecule has 0 spiro atoms. The number of benzene rings is 3. The van der Waals surface area contributed by atoms with E-state index in [2.05, 4.69) is 39.5 Å². The van der Waals surface area contributed by atoms with Crippen molar-refractivity contribution in [1.82, 2.24) is 9.97 Å². The van der Waals surface area contributed by atoms with Gasteiger partial charge in [0.05, 0.1) is 7.11 Å². The molecule has 8 heteroatoms. The first kappa shape index (κ1) is 25.0. The predicted molar refractivity (Wildman–Crippen MR) is 149 cm³/mol. The summed E-state index contributed by atoms with van der Waals surface area (Å²) in [6.45, 7) is 3.44. The van der Waals surface area contributed by atoms with E-state index in [1.165, 1.54) is 10.0 Å². The Morgan fingerprint density at radius 3 is 2.41 bits per heavy atom. The molecule has 1 atom stereocenters. The molecular weight excluding hydrogens is 527 g/mol. The molecule has 1 saturated heterocycles. The molecule has 4 aromatic rings. The number of hydrogen-bond donors (Lipinski definition) is 1. The Hall–Kier alpha value is -3.67. The zero-order valence-electron chi connectivity index (χ0n) is 20.7. The number of aromatic nitrogens is 2. The van der Waals surface area contributed by atoms with Crippen LogP contribution < -0.4 is 23.9 Å². The number of carbonyl (C=O) groups is 1. The summed E-state index contributed by atoms with van der Waals surface area (Å²) in [6, 6.07) is 26.0. The van der Waals surface area contributed by atoms with Crippen molar-refractivity contribution < 1.29 is 14.3 Å². The van der Waals surface area contributed by atoms with E-state index in [9.17, 15) is 4.79 Å². The first-order valence-electron chi connectivity index (χ1n) is 12.2. The minimum absolute atomic E-state index is 0.0627. The van der Waals surface area contributed by atoms with Crippen LogP contribution in [0, 0.1) is 0 Å². The second-order valence-electron chi connectivity index (χ2n) is 8.69. The molecule has 3 aromatic carbocycles. The van der Waals surface area contributed by atoms with Gasteiger partial charge in [0, 0.05) is 0 Å². The molecule has 2 heterocycles. The topological polar surface area (TPSA) is 76.6 Å². The first-order valence-corrected chi connectivity index (χ1v) is 14.3. The molecule has 1 aliphatic rings. The summed E-state index contributed by atoms with van der Waals surface area (Å²) in [5, 5.41) is 2.96. The Bertz CT molecular complexity index is 1320. The van der Waals surface area contributed by atoms with E-state index in [0.29, 0.717) is 6.42 Å². The van der Waals surface area contributed by atoms with Crippen molar-refractivity contribution >= 4 is 42.0 Å². The van der Waals surface area contributed by atoms with Crippen LogP contribution in [-0.4, -0.2) is 65.0 Å². The Morgan fingerprint density at radius 1 is 0.973 bits per heavy atom. The second-order valence-corrected chi connectivity index (χ2v) is 11.4. The molecule has 0 bridgehead atoms. The van der Waals surface area contributed by atoms with Crippen molar-refractivity contribution in [3.8, 4) is 17.0 Å². The number of ether oxygens (including phenoxy) is 2. The van der Waals surface area contributed by atoms with Crippen molar-refractivity contribution in [2.45, 2.75) is 6.42 Å². The number of nitrogens with zero attached hydrogens (tertiary/aromatic N) is 3. The van der Waals surface area contributed by atoms with Crippen LogP contribution in [0.3, 0.4) is 0 Å². The molecule has 1 fully saturated rings. The van der Waals surface area contributed by atoms with Crippen LogP contribution in [0.5, 0.6) is 5.75 Å². The zero-order chi connectivity index (χ0) is 25.5. The molecule has 5 rings (SSSR count). The van der Waals surface area contributed by atoms with Crippen LogP contribution in [0.2, 0.25) is 0 Å². The number of anilines is 2. The Labute approximate surface area is 223 Å². The summed E-state index contributed by atoms with van der Waals surface area (Å²) in [5.41, 5.74) is 4.80. The smallest absolute Gasteiger partial charge is 0.0197 e. The van der Waals surface area contributed by atoms with Crippen LogP contribution in [0.25, 0.3) is 11.3 Å². The standard InChI is InChI=1S/C29H29AsN4O3/c1-36-26-12-2-21(3-13-26)20-28(35)32-24-8-4-22(5-9-24)27-14-15-31-29(33-27)30-23-6-10-25(11-7-23)34-16-18-37-19-17-34/h2-15,30H,16-20H2,1H3,(H,32,35). The van der Waals surface area contributed by atoms with Gasteiger partial charge in [-0.1, -0.05) is 0 Å². The molecule has 1 aromatic heterocycles. The van der Waals surface area contributed by atoms with Gasteiger partial charge in [-0.15, -0.1) is 0 Å². The number of morpholine rings is 1. The first-order chi connectivity index (χ1) is 18.2. The summed E-state index contributed by atoms with van der Waals surface area (Å²) < 4.78 is 12.8. The maximum absolute atomic E-state index is 12.5. The monoisotopic (exact) mass is 556 g/mol. The maximum atomic E-state index is 12.5. The van der Waals surface area contributed by atoms with Gasteiger partial charge in [-0.25, -0.2) is 0 Å². The summed E-state index contributed by atoms with van der Waals surface area (Å²) in [5.74, 6) is 0.712. The van der Waals surface area contributed by atoms with E-state index in [1.807, 2.05) is 60.8 Å². The van der Waals surface area contributed by atoms with E-state index in [4.69, 9.17) is 14.5 Å².